The number of halogens is 1. The monoisotopic (exact) mass is 284 g/mol. The van der Waals surface area contributed by atoms with E-state index in [1.165, 1.54) is 16.7 Å². The number of carbonyl (C=O) groups excluding carboxylic acids is 1. The van der Waals surface area contributed by atoms with Gasteiger partial charge in [0, 0.05) is 10.7 Å². The second-order valence-corrected chi connectivity index (χ2v) is 4.02. The first-order chi connectivity index (χ1) is 7.63. The third-order valence-electron chi connectivity index (χ3n) is 2.04. The molecule has 0 aliphatic carbocycles. The van der Waals surface area contributed by atoms with Gasteiger partial charge in [-0.25, -0.2) is 9.78 Å². The summed E-state index contributed by atoms with van der Waals surface area (Å²) < 4.78 is 7.01. The molecule has 0 bridgehead atoms. The standard InChI is InChI=1S/C10H9BrN2O3/c1-2-16-10(15)7-4-12-9-8(14)3-6(11)5-13(7)9/h3-5,14H,2H2,1H3. The summed E-state index contributed by atoms with van der Waals surface area (Å²) in [6.45, 7) is 2.03. The first-order valence-corrected chi connectivity index (χ1v) is 5.45. The first kappa shape index (κ1) is 10.9. The van der Waals surface area contributed by atoms with Crippen molar-refractivity contribution in [1.82, 2.24) is 9.38 Å². The third-order valence-corrected chi connectivity index (χ3v) is 2.47. The van der Waals surface area contributed by atoms with Gasteiger partial charge in [0.25, 0.3) is 0 Å². The number of fused-ring (bicyclic) bond motifs is 1. The number of pyridine rings is 1. The van der Waals surface area contributed by atoms with Gasteiger partial charge in [-0.3, -0.25) is 4.40 Å². The van der Waals surface area contributed by atoms with Gasteiger partial charge in [-0.15, -0.1) is 0 Å². The molecule has 84 valence electrons. The van der Waals surface area contributed by atoms with Crippen molar-refractivity contribution in [3.05, 3.63) is 28.6 Å². The minimum Gasteiger partial charge on any atom is -0.504 e. The number of ether oxygens (including phenoxy) is 1. The van der Waals surface area contributed by atoms with E-state index in [0.717, 1.165) is 0 Å². The van der Waals surface area contributed by atoms with E-state index < -0.39 is 5.97 Å². The normalized spacial score (nSPS) is 10.6. The number of esters is 1. The maximum Gasteiger partial charge on any atom is 0.356 e. The molecule has 2 heterocycles. The number of hydrogen-bond acceptors (Lipinski definition) is 4. The minimum absolute atomic E-state index is 0.00456. The van der Waals surface area contributed by atoms with Crippen molar-refractivity contribution >= 4 is 27.5 Å². The number of hydrogen-bond donors (Lipinski definition) is 1. The van der Waals surface area contributed by atoms with Gasteiger partial charge in [0.15, 0.2) is 17.1 Å². The van der Waals surface area contributed by atoms with Crippen molar-refractivity contribution in [3.63, 3.8) is 0 Å². The fraction of sp³-hybridized carbons (Fsp3) is 0.200. The highest BCUT2D eigenvalue weighted by Crippen LogP contribution is 2.23. The summed E-state index contributed by atoms with van der Waals surface area (Å²) in [5.74, 6) is -0.461. The highest BCUT2D eigenvalue weighted by Gasteiger charge is 2.15. The Morgan fingerprint density at radius 3 is 3.12 bits per heavy atom. The topological polar surface area (TPSA) is 63.8 Å². The second kappa shape index (κ2) is 4.13. The Kier molecular flexibility index (Phi) is 2.82. The van der Waals surface area contributed by atoms with Crippen molar-refractivity contribution in [2.45, 2.75) is 6.92 Å². The molecule has 1 N–H and O–H groups in total. The molecule has 2 aromatic heterocycles. The first-order valence-electron chi connectivity index (χ1n) is 4.66. The van der Waals surface area contributed by atoms with E-state index in [0.29, 0.717) is 16.7 Å². The van der Waals surface area contributed by atoms with Crippen LogP contribution in [0.5, 0.6) is 5.75 Å². The molecule has 6 heteroatoms. The molecule has 5 nitrogen and oxygen atoms in total. The fourth-order valence-electron chi connectivity index (χ4n) is 1.39. The molecule has 2 rings (SSSR count). The average molecular weight is 285 g/mol. The number of imidazole rings is 1. The second-order valence-electron chi connectivity index (χ2n) is 3.10. The molecule has 0 aliphatic rings. The highest BCUT2D eigenvalue weighted by molar-refractivity contribution is 9.10. The molecular formula is C10H9BrN2O3. The Morgan fingerprint density at radius 1 is 1.69 bits per heavy atom. The summed E-state index contributed by atoms with van der Waals surface area (Å²) in [6.07, 6.45) is 3.02. The van der Waals surface area contributed by atoms with E-state index in [2.05, 4.69) is 20.9 Å². The lowest BCUT2D eigenvalue weighted by molar-refractivity contribution is 0.0518. The van der Waals surface area contributed by atoms with Crippen molar-refractivity contribution in [2.24, 2.45) is 0 Å². The van der Waals surface area contributed by atoms with Crippen LogP contribution in [0, 0.1) is 0 Å². The minimum atomic E-state index is -0.465. The van der Waals surface area contributed by atoms with Crippen molar-refractivity contribution < 1.29 is 14.6 Å². The molecular weight excluding hydrogens is 276 g/mol. The number of aromatic nitrogens is 2. The lowest BCUT2D eigenvalue weighted by Gasteiger charge is -2.03. The van der Waals surface area contributed by atoms with Crippen LogP contribution in [-0.4, -0.2) is 27.1 Å². The van der Waals surface area contributed by atoms with E-state index >= 15 is 0 Å². The summed E-state index contributed by atoms with van der Waals surface area (Å²) >= 11 is 3.23. The van der Waals surface area contributed by atoms with Crippen molar-refractivity contribution in [1.29, 1.82) is 0 Å². The summed E-state index contributed by atoms with van der Waals surface area (Å²) in [5, 5.41) is 9.61. The number of rotatable bonds is 2. The molecule has 0 fully saturated rings. The van der Waals surface area contributed by atoms with Crippen LogP contribution in [-0.2, 0) is 4.74 Å². The van der Waals surface area contributed by atoms with Crippen LogP contribution in [0.3, 0.4) is 0 Å². The molecule has 2 aromatic rings. The fourth-order valence-corrected chi connectivity index (χ4v) is 1.81. The zero-order valence-corrected chi connectivity index (χ0v) is 10.1. The van der Waals surface area contributed by atoms with E-state index in [1.807, 2.05) is 0 Å². The molecule has 0 saturated carbocycles. The maximum atomic E-state index is 11.6. The number of carbonyl (C=O) groups is 1. The van der Waals surface area contributed by atoms with Crippen LogP contribution in [0.4, 0.5) is 0 Å². The summed E-state index contributed by atoms with van der Waals surface area (Å²) in [7, 11) is 0. The number of aromatic hydroxyl groups is 1. The predicted octanol–water partition coefficient (Wildman–Crippen LogP) is 1.98. The molecule has 0 aromatic carbocycles. The Labute approximate surface area is 99.8 Å². The molecule has 0 atom stereocenters. The quantitative estimate of drug-likeness (QED) is 0.857. The highest BCUT2D eigenvalue weighted by atomic mass is 79.9. The Morgan fingerprint density at radius 2 is 2.44 bits per heavy atom. The molecule has 0 amide bonds. The van der Waals surface area contributed by atoms with Crippen LogP contribution in [0.2, 0.25) is 0 Å². The van der Waals surface area contributed by atoms with Gasteiger partial charge in [0.1, 0.15) is 0 Å². The zero-order valence-electron chi connectivity index (χ0n) is 8.48. The smallest absolute Gasteiger partial charge is 0.356 e. The molecule has 16 heavy (non-hydrogen) atoms. The van der Waals surface area contributed by atoms with E-state index in [-0.39, 0.29) is 11.4 Å². The Hall–Kier alpha value is -1.56. The van der Waals surface area contributed by atoms with Crippen LogP contribution in [0.25, 0.3) is 5.65 Å². The molecule has 0 spiro atoms. The van der Waals surface area contributed by atoms with Crippen LogP contribution >= 0.6 is 15.9 Å². The molecule has 0 unspecified atom stereocenters. The summed E-state index contributed by atoms with van der Waals surface area (Å²) in [6, 6.07) is 1.51. The SMILES string of the molecule is CCOC(=O)c1cnc2c(O)cc(Br)cn12. The van der Waals surface area contributed by atoms with E-state index in [4.69, 9.17) is 4.74 Å². The van der Waals surface area contributed by atoms with Gasteiger partial charge in [-0.2, -0.15) is 0 Å². The van der Waals surface area contributed by atoms with Gasteiger partial charge in [-0.1, -0.05) is 0 Å². The zero-order chi connectivity index (χ0) is 11.7. The lowest BCUT2D eigenvalue weighted by Crippen LogP contribution is -2.07. The maximum absolute atomic E-state index is 11.6. The lowest BCUT2D eigenvalue weighted by atomic mass is 10.4. The third kappa shape index (κ3) is 1.76. The summed E-state index contributed by atoms with van der Waals surface area (Å²) in [5.41, 5.74) is 0.611. The van der Waals surface area contributed by atoms with Crippen LogP contribution in [0.1, 0.15) is 17.4 Å². The van der Waals surface area contributed by atoms with E-state index in [1.54, 1.807) is 13.1 Å². The molecule has 0 saturated heterocycles. The van der Waals surface area contributed by atoms with Gasteiger partial charge >= 0.3 is 5.97 Å². The van der Waals surface area contributed by atoms with Gasteiger partial charge in [0.2, 0.25) is 0 Å². The van der Waals surface area contributed by atoms with Gasteiger partial charge in [0.05, 0.1) is 12.8 Å². The molecule has 0 aliphatic heterocycles. The van der Waals surface area contributed by atoms with Gasteiger partial charge in [-0.05, 0) is 28.9 Å². The van der Waals surface area contributed by atoms with Crippen LogP contribution in [0.15, 0.2) is 22.9 Å². The largest absolute Gasteiger partial charge is 0.504 e. The van der Waals surface area contributed by atoms with Crippen molar-refractivity contribution in [3.8, 4) is 5.75 Å². The number of nitrogens with zero attached hydrogens (tertiary/aromatic N) is 2. The Bertz CT molecular complexity index is 550. The predicted molar refractivity (Wildman–Crippen MR) is 60.5 cm³/mol. The van der Waals surface area contributed by atoms with Gasteiger partial charge < -0.3 is 9.84 Å². The van der Waals surface area contributed by atoms with Crippen LogP contribution < -0.4 is 0 Å². The average Bonchev–Trinajstić information content (AvgIpc) is 2.61. The summed E-state index contributed by atoms with van der Waals surface area (Å²) in [4.78, 5) is 15.5. The Balaban J connectivity index is 2.60. The van der Waals surface area contributed by atoms with Crippen molar-refractivity contribution in [2.75, 3.05) is 6.61 Å². The van der Waals surface area contributed by atoms with E-state index in [9.17, 15) is 9.90 Å². The molecule has 0 radical (unpaired) electrons.